The fourth-order valence-corrected chi connectivity index (χ4v) is 2.11. The largest absolute Gasteiger partial charge is 0.213 e. The van der Waals surface area contributed by atoms with Crippen molar-refractivity contribution in [2.45, 2.75) is 20.8 Å². The molecule has 1 radical (unpaired) electrons. The average molecular weight is 172 g/mol. The van der Waals surface area contributed by atoms with Crippen LogP contribution in [-0.4, -0.2) is 17.4 Å². The quantitative estimate of drug-likeness (QED) is 0.605. The van der Waals surface area contributed by atoms with Crippen LogP contribution in [0.3, 0.4) is 0 Å². The van der Waals surface area contributed by atoms with E-state index in [4.69, 9.17) is 0 Å². The Morgan fingerprint density at radius 1 is 1.64 bits per heavy atom. The smallest absolute Gasteiger partial charge is 0.0990 e. The predicted molar refractivity (Wildman–Crippen MR) is 47.4 cm³/mol. The van der Waals surface area contributed by atoms with Gasteiger partial charge >= 0.3 is 0 Å². The molecule has 2 nitrogen and oxygen atoms in total. The van der Waals surface area contributed by atoms with Crippen LogP contribution in [-0.2, 0) is 5.21 Å². The Kier molecular flexibility index (Phi) is 2.84. The van der Waals surface area contributed by atoms with E-state index in [9.17, 15) is 5.21 Å². The van der Waals surface area contributed by atoms with E-state index in [0.29, 0.717) is 12.5 Å². The van der Waals surface area contributed by atoms with E-state index in [1.807, 2.05) is 6.92 Å². The maximum atomic E-state index is 11.2. The molecule has 1 aliphatic rings. The fourth-order valence-electron chi connectivity index (χ4n) is 0.956. The molecule has 1 fully saturated rings. The van der Waals surface area contributed by atoms with Crippen LogP contribution < -0.4 is 0 Å². The molecule has 0 atom stereocenters. The summed E-state index contributed by atoms with van der Waals surface area (Å²) >= 11 is 1.68. The Labute approximate surface area is 72.2 Å². The van der Waals surface area contributed by atoms with Crippen molar-refractivity contribution < 1.29 is 5.21 Å². The Bertz CT molecular complexity index is 177. The number of hydroxylamine groups is 2. The molecular formula is C8H14NOS. The Hall–Kier alpha value is -0.150. The molecule has 1 rings (SSSR count). The van der Waals surface area contributed by atoms with Gasteiger partial charge in [0.1, 0.15) is 0 Å². The van der Waals surface area contributed by atoms with E-state index in [1.54, 1.807) is 11.8 Å². The fraction of sp³-hybridized carbons (Fsp3) is 0.750. The molecule has 0 bridgehead atoms. The number of allylic oxidation sites excluding steroid dienone is 1. The molecule has 0 N–H and O–H groups in total. The summed E-state index contributed by atoms with van der Waals surface area (Å²) in [5.74, 6) is 1.44. The van der Waals surface area contributed by atoms with Crippen LogP contribution in [0.1, 0.15) is 20.8 Å². The first-order valence-corrected chi connectivity index (χ1v) is 4.89. The second-order valence-corrected chi connectivity index (χ2v) is 4.18. The molecule has 0 aromatic carbocycles. The number of rotatable bonds is 1. The van der Waals surface area contributed by atoms with Crippen LogP contribution in [0.4, 0.5) is 0 Å². The molecule has 0 aromatic rings. The van der Waals surface area contributed by atoms with Crippen molar-refractivity contribution in [1.82, 2.24) is 5.06 Å². The van der Waals surface area contributed by atoms with Crippen molar-refractivity contribution >= 4 is 11.8 Å². The lowest BCUT2D eigenvalue weighted by atomic mass is 10.1. The highest BCUT2D eigenvalue weighted by atomic mass is 32.2. The lowest BCUT2D eigenvalue weighted by Crippen LogP contribution is -2.12. The summed E-state index contributed by atoms with van der Waals surface area (Å²) < 4.78 is 0. The lowest BCUT2D eigenvalue weighted by Gasteiger charge is -2.12. The first-order chi connectivity index (χ1) is 5.13. The number of hydrogen-bond acceptors (Lipinski definition) is 2. The van der Waals surface area contributed by atoms with E-state index in [2.05, 4.69) is 13.8 Å². The van der Waals surface area contributed by atoms with Gasteiger partial charge in [0.2, 0.25) is 0 Å². The van der Waals surface area contributed by atoms with Gasteiger partial charge in [0.15, 0.2) is 0 Å². The zero-order chi connectivity index (χ0) is 8.43. The average Bonchev–Trinajstić information content (AvgIpc) is 2.33. The summed E-state index contributed by atoms with van der Waals surface area (Å²) in [5.41, 5.74) is 1.22. The zero-order valence-electron chi connectivity index (χ0n) is 7.26. The summed E-state index contributed by atoms with van der Waals surface area (Å²) in [7, 11) is 0. The third-order valence-electron chi connectivity index (χ3n) is 1.96. The molecule has 0 saturated carbocycles. The molecule has 3 heteroatoms. The molecule has 0 spiro atoms. The molecule has 0 aromatic heterocycles. The second-order valence-electron chi connectivity index (χ2n) is 3.09. The highest BCUT2D eigenvalue weighted by Gasteiger charge is 2.20. The Morgan fingerprint density at radius 3 is 2.64 bits per heavy atom. The SMILES string of the molecule is CC(=C1SCCN1[O])C(C)C. The van der Waals surface area contributed by atoms with Crippen LogP contribution >= 0.6 is 11.8 Å². The maximum absolute atomic E-state index is 11.2. The highest BCUT2D eigenvalue weighted by molar-refractivity contribution is 8.03. The molecule has 63 valence electrons. The van der Waals surface area contributed by atoms with E-state index >= 15 is 0 Å². The topological polar surface area (TPSA) is 23.1 Å². The molecule has 0 amide bonds. The van der Waals surface area contributed by atoms with Gasteiger partial charge in [-0.1, -0.05) is 19.1 Å². The number of hydrogen-bond donors (Lipinski definition) is 0. The molecule has 1 heterocycles. The molecule has 1 saturated heterocycles. The summed E-state index contributed by atoms with van der Waals surface area (Å²) in [5, 5.41) is 13.2. The summed E-state index contributed by atoms with van der Waals surface area (Å²) in [6.07, 6.45) is 0. The third kappa shape index (κ3) is 1.91. The lowest BCUT2D eigenvalue weighted by molar-refractivity contribution is -0.109. The van der Waals surface area contributed by atoms with E-state index in [1.165, 1.54) is 5.57 Å². The van der Waals surface area contributed by atoms with E-state index < -0.39 is 0 Å². The van der Waals surface area contributed by atoms with Gasteiger partial charge in [0.05, 0.1) is 11.6 Å². The molecule has 1 aliphatic heterocycles. The van der Waals surface area contributed by atoms with E-state index in [-0.39, 0.29) is 0 Å². The minimum absolute atomic E-state index is 0.493. The van der Waals surface area contributed by atoms with Gasteiger partial charge in [-0.15, -0.1) is 11.8 Å². The van der Waals surface area contributed by atoms with Crippen LogP contribution in [0, 0.1) is 5.92 Å². The maximum Gasteiger partial charge on any atom is 0.0990 e. The summed E-state index contributed by atoms with van der Waals surface area (Å²) in [6.45, 7) is 6.94. The first kappa shape index (κ1) is 8.94. The molecular weight excluding hydrogens is 158 g/mol. The zero-order valence-corrected chi connectivity index (χ0v) is 8.07. The monoisotopic (exact) mass is 172 g/mol. The summed E-state index contributed by atoms with van der Waals surface area (Å²) in [4.78, 5) is 0. The van der Waals surface area contributed by atoms with Crippen LogP contribution in [0.5, 0.6) is 0 Å². The number of nitrogens with zero attached hydrogens (tertiary/aromatic N) is 1. The first-order valence-electron chi connectivity index (χ1n) is 3.91. The van der Waals surface area contributed by atoms with Crippen molar-refractivity contribution in [2.24, 2.45) is 5.92 Å². The van der Waals surface area contributed by atoms with Crippen molar-refractivity contribution in [3.8, 4) is 0 Å². The predicted octanol–water partition coefficient (Wildman–Crippen LogP) is 2.27. The normalized spacial score (nSPS) is 23.2. The second kappa shape index (κ2) is 3.50. The Balaban J connectivity index is 2.76. The highest BCUT2D eigenvalue weighted by Crippen LogP contribution is 2.31. The third-order valence-corrected chi connectivity index (χ3v) is 3.15. The molecule has 11 heavy (non-hydrogen) atoms. The van der Waals surface area contributed by atoms with Crippen LogP contribution in [0.2, 0.25) is 0 Å². The van der Waals surface area contributed by atoms with Crippen LogP contribution in [0.25, 0.3) is 0 Å². The standard InChI is InChI=1S/C8H14NOS/c1-6(2)7(3)8-9(10)4-5-11-8/h6H,4-5H2,1-3H3. The van der Waals surface area contributed by atoms with Crippen molar-refractivity contribution in [3.05, 3.63) is 10.6 Å². The Morgan fingerprint density at radius 2 is 2.27 bits per heavy atom. The van der Waals surface area contributed by atoms with Crippen LogP contribution in [0.15, 0.2) is 10.6 Å². The minimum atomic E-state index is 0.493. The van der Waals surface area contributed by atoms with Gasteiger partial charge in [-0.05, 0) is 18.4 Å². The summed E-state index contributed by atoms with van der Waals surface area (Å²) in [6, 6.07) is 0. The molecule has 0 unspecified atom stereocenters. The van der Waals surface area contributed by atoms with Crippen molar-refractivity contribution in [1.29, 1.82) is 0 Å². The minimum Gasteiger partial charge on any atom is -0.213 e. The van der Waals surface area contributed by atoms with E-state index in [0.717, 1.165) is 15.8 Å². The van der Waals surface area contributed by atoms with Gasteiger partial charge in [-0.2, -0.15) is 0 Å². The van der Waals surface area contributed by atoms with Crippen molar-refractivity contribution in [3.63, 3.8) is 0 Å². The van der Waals surface area contributed by atoms with Gasteiger partial charge < -0.3 is 0 Å². The molecule has 0 aliphatic carbocycles. The van der Waals surface area contributed by atoms with Gasteiger partial charge in [0.25, 0.3) is 0 Å². The van der Waals surface area contributed by atoms with Gasteiger partial charge in [-0.25, -0.2) is 5.06 Å². The van der Waals surface area contributed by atoms with Gasteiger partial charge in [0, 0.05) is 5.75 Å². The van der Waals surface area contributed by atoms with Gasteiger partial charge in [-0.3, -0.25) is 0 Å². The van der Waals surface area contributed by atoms with Crippen molar-refractivity contribution in [2.75, 3.05) is 12.3 Å². The number of thioether (sulfide) groups is 1.